The Bertz CT molecular complexity index is 531. The van der Waals surface area contributed by atoms with Crippen LogP contribution in [0.3, 0.4) is 0 Å². The van der Waals surface area contributed by atoms with Gasteiger partial charge in [-0.3, -0.25) is 9.48 Å². The molecule has 0 aliphatic carbocycles. The Morgan fingerprint density at radius 1 is 1.60 bits per heavy atom. The van der Waals surface area contributed by atoms with Gasteiger partial charge < -0.3 is 4.98 Å². The molecule has 0 radical (unpaired) electrons. The van der Waals surface area contributed by atoms with Crippen molar-refractivity contribution in [2.24, 2.45) is 7.05 Å². The van der Waals surface area contributed by atoms with E-state index in [0.717, 1.165) is 0 Å². The maximum absolute atomic E-state index is 11.5. The molecule has 0 unspecified atom stereocenters. The van der Waals surface area contributed by atoms with Crippen LogP contribution in [-0.4, -0.2) is 19.7 Å². The van der Waals surface area contributed by atoms with Crippen LogP contribution in [0.2, 0.25) is 0 Å². The largest absolute Gasteiger partial charge is 0.305 e. The third kappa shape index (κ3) is 1.99. The smallest absolute Gasteiger partial charge is 0.255 e. The lowest BCUT2D eigenvalue weighted by Gasteiger charge is -1.97. The van der Waals surface area contributed by atoms with Gasteiger partial charge in [-0.1, -0.05) is 15.9 Å². The minimum absolute atomic E-state index is 0.137. The maximum atomic E-state index is 11.5. The van der Waals surface area contributed by atoms with Crippen LogP contribution in [0.1, 0.15) is 5.56 Å². The van der Waals surface area contributed by atoms with Crippen LogP contribution >= 0.6 is 15.9 Å². The number of aromatic amines is 1. The molecule has 5 nitrogen and oxygen atoms in total. The predicted octanol–water partition coefficient (Wildman–Crippen LogP) is 1.07. The van der Waals surface area contributed by atoms with Crippen molar-refractivity contribution < 1.29 is 0 Å². The fraction of sp³-hybridized carbons (Fsp3) is 0.222. The molecule has 0 fully saturated rings. The van der Waals surface area contributed by atoms with Crippen molar-refractivity contribution in [3.8, 4) is 11.5 Å². The summed E-state index contributed by atoms with van der Waals surface area (Å²) in [7, 11) is 1.81. The predicted molar refractivity (Wildman–Crippen MR) is 59.7 cm³/mol. The van der Waals surface area contributed by atoms with E-state index in [1.807, 2.05) is 7.05 Å². The van der Waals surface area contributed by atoms with Crippen LogP contribution in [0.4, 0.5) is 0 Å². The summed E-state index contributed by atoms with van der Waals surface area (Å²) in [5.41, 5.74) is 1.13. The van der Waals surface area contributed by atoms with E-state index in [4.69, 9.17) is 0 Å². The zero-order valence-corrected chi connectivity index (χ0v) is 9.65. The Labute approximate surface area is 94.3 Å². The summed E-state index contributed by atoms with van der Waals surface area (Å²) in [6.45, 7) is 0. The molecule has 0 spiro atoms. The molecule has 0 aliphatic rings. The number of rotatable bonds is 2. The lowest BCUT2D eigenvalue weighted by Crippen LogP contribution is -2.13. The Hall–Kier alpha value is -1.43. The molecular weight excluding hydrogens is 260 g/mol. The van der Waals surface area contributed by atoms with Gasteiger partial charge in [-0.15, -0.1) is 0 Å². The standard InChI is InChI=1S/C9H9BrN4O/c1-14-3-2-7(13-14)8-11-5-6(4-10)9(15)12-8/h2-3,5H,4H2,1H3,(H,11,12,15). The summed E-state index contributed by atoms with van der Waals surface area (Å²) in [5.74, 6) is 0.491. The zero-order chi connectivity index (χ0) is 10.8. The number of nitrogens with one attached hydrogen (secondary N) is 1. The first kappa shape index (κ1) is 10.1. The van der Waals surface area contributed by atoms with E-state index in [-0.39, 0.29) is 5.56 Å². The number of H-pyrrole nitrogens is 1. The second kappa shape index (κ2) is 3.98. The van der Waals surface area contributed by atoms with Crippen molar-refractivity contribution in [1.29, 1.82) is 0 Å². The average Bonchev–Trinajstić information content (AvgIpc) is 2.65. The van der Waals surface area contributed by atoms with Crippen LogP contribution < -0.4 is 5.56 Å². The number of halogens is 1. The quantitative estimate of drug-likeness (QED) is 0.829. The molecule has 2 aromatic heterocycles. The fourth-order valence-corrected chi connectivity index (χ4v) is 1.59. The Morgan fingerprint density at radius 3 is 2.93 bits per heavy atom. The second-order valence-corrected chi connectivity index (χ2v) is 3.66. The topological polar surface area (TPSA) is 63.6 Å². The van der Waals surface area contributed by atoms with Crippen molar-refractivity contribution in [1.82, 2.24) is 19.7 Å². The van der Waals surface area contributed by atoms with E-state index < -0.39 is 0 Å². The first-order chi connectivity index (χ1) is 7.20. The molecule has 0 aromatic carbocycles. The SMILES string of the molecule is Cn1ccc(-c2ncc(CBr)c(=O)[nH]2)n1. The molecule has 2 rings (SSSR count). The van der Waals surface area contributed by atoms with Crippen LogP contribution in [0.5, 0.6) is 0 Å². The highest BCUT2D eigenvalue weighted by atomic mass is 79.9. The van der Waals surface area contributed by atoms with Crippen LogP contribution in [-0.2, 0) is 12.4 Å². The lowest BCUT2D eigenvalue weighted by molar-refractivity contribution is 0.768. The van der Waals surface area contributed by atoms with Gasteiger partial charge in [0.05, 0.1) is 0 Å². The van der Waals surface area contributed by atoms with Crippen molar-refractivity contribution in [2.75, 3.05) is 0 Å². The van der Waals surface area contributed by atoms with Crippen molar-refractivity contribution >= 4 is 15.9 Å². The van der Waals surface area contributed by atoms with Gasteiger partial charge in [0, 0.05) is 30.3 Å². The van der Waals surface area contributed by atoms with Gasteiger partial charge in [-0.2, -0.15) is 5.10 Å². The highest BCUT2D eigenvalue weighted by molar-refractivity contribution is 9.08. The second-order valence-electron chi connectivity index (χ2n) is 3.09. The molecule has 2 heterocycles. The molecule has 1 N–H and O–H groups in total. The van der Waals surface area contributed by atoms with Gasteiger partial charge in [-0.05, 0) is 6.07 Å². The van der Waals surface area contributed by atoms with Crippen LogP contribution in [0, 0.1) is 0 Å². The van der Waals surface area contributed by atoms with Gasteiger partial charge >= 0.3 is 0 Å². The van der Waals surface area contributed by atoms with E-state index in [1.54, 1.807) is 23.1 Å². The number of hydrogen-bond acceptors (Lipinski definition) is 3. The summed E-state index contributed by atoms with van der Waals surface area (Å²) in [5, 5.41) is 4.65. The molecule has 2 aromatic rings. The summed E-state index contributed by atoms with van der Waals surface area (Å²) in [4.78, 5) is 18.3. The van der Waals surface area contributed by atoms with Gasteiger partial charge in [-0.25, -0.2) is 4.98 Å². The monoisotopic (exact) mass is 268 g/mol. The summed E-state index contributed by atoms with van der Waals surface area (Å²) >= 11 is 3.21. The van der Waals surface area contributed by atoms with E-state index in [1.165, 1.54) is 0 Å². The molecule has 6 heteroatoms. The van der Waals surface area contributed by atoms with Gasteiger partial charge in [0.2, 0.25) is 0 Å². The molecule has 0 atom stereocenters. The average molecular weight is 269 g/mol. The number of aryl methyl sites for hydroxylation is 1. The van der Waals surface area contributed by atoms with Crippen LogP contribution in [0.15, 0.2) is 23.3 Å². The normalized spacial score (nSPS) is 10.5. The number of aromatic nitrogens is 4. The zero-order valence-electron chi connectivity index (χ0n) is 8.07. The molecule has 0 bridgehead atoms. The molecule has 0 saturated heterocycles. The first-order valence-electron chi connectivity index (χ1n) is 4.35. The molecular formula is C9H9BrN4O. The molecule has 0 saturated carbocycles. The summed E-state index contributed by atoms with van der Waals surface area (Å²) < 4.78 is 1.66. The summed E-state index contributed by atoms with van der Waals surface area (Å²) in [6, 6.07) is 1.80. The fourth-order valence-electron chi connectivity index (χ4n) is 1.19. The van der Waals surface area contributed by atoms with Gasteiger partial charge in [0.25, 0.3) is 5.56 Å². The van der Waals surface area contributed by atoms with E-state index >= 15 is 0 Å². The Balaban J connectivity index is 2.47. The van der Waals surface area contributed by atoms with E-state index in [0.29, 0.717) is 22.4 Å². The Morgan fingerprint density at radius 2 is 2.40 bits per heavy atom. The van der Waals surface area contributed by atoms with Crippen LogP contribution in [0.25, 0.3) is 11.5 Å². The third-order valence-corrected chi connectivity index (χ3v) is 2.58. The maximum Gasteiger partial charge on any atom is 0.255 e. The Kier molecular flexibility index (Phi) is 2.68. The van der Waals surface area contributed by atoms with Gasteiger partial charge in [0.1, 0.15) is 5.69 Å². The van der Waals surface area contributed by atoms with Crippen molar-refractivity contribution in [3.63, 3.8) is 0 Å². The van der Waals surface area contributed by atoms with Crippen molar-refractivity contribution in [3.05, 3.63) is 34.4 Å². The number of hydrogen-bond donors (Lipinski definition) is 1. The summed E-state index contributed by atoms with van der Waals surface area (Å²) in [6.07, 6.45) is 3.35. The molecule has 0 amide bonds. The minimum Gasteiger partial charge on any atom is -0.305 e. The third-order valence-electron chi connectivity index (χ3n) is 1.97. The molecule has 0 aliphatic heterocycles. The van der Waals surface area contributed by atoms with Gasteiger partial charge in [0.15, 0.2) is 5.82 Å². The highest BCUT2D eigenvalue weighted by Crippen LogP contribution is 2.09. The number of alkyl halides is 1. The van der Waals surface area contributed by atoms with Crippen molar-refractivity contribution in [2.45, 2.75) is 5.33 Å². The number of nitrogens with zero attached hydrogens (tertiary/aromatic N) is 3. The van der Waals surface area contributed by atoms with E-state index in [9.17, 15) is 4.79 Å². The highest BCUT2D eigenvalue weighted by Gasteiger charge is 2.05. The first-order valence-corrected chi connectivity index (χ1v) is 5.47. The minimum atomic E-state index is -0.137. The molecule has 78 valence electrons. The molecule has 15 heavy (non-hydrogen) atoms. The lowest BCUT2D eigenvalue weighted by atomic mass is 10.3. The van der Waals surface area contributed by atoms with E-state index in [2.05, 4.69) is 31.0 Å².